The molecule has 0 aliphatic carbocycles. The molecule has 0 unspecified atom stereocenters. The molecular formula is C26H27ClN2O2. The Bertz CT molecular complexity index is 1020. The minimum Gasteiger partial charge on any atom is -0.357 e. The average molecular weight is 435 g/mol. The molecule has 0 spiro atoms. The van der Waals surface area contributed by atoms with Gasteiger partial charge in [0.25, 0.3) is 0 Å². The molecule has 4 nitrogen and oxygen atoms in total. The van der Waals surface area contributed by atoms with Crippen molar-refractivity contribution in [3.05, 3.63) is 106 Å². The van der Waals surface area contributed by atoms with E-state index in [2.05, 4.69) is 5.32 Å². The van der Waals surface area contributed by atoms with Crippen molar-refractivity contribution in [2.45, 2.75) is 32.4 Å². The highest BCUT2D eigenvalue weighted by molar-refractivity contribution is 6.31. The quantitative estimate of drug-likeness (QED) is 0.564. The van der Waals surface area contributed by atoms with Crippen molar-refractivity contribution in [1.82, 2.24) is 10.2 Å². The number of hydrogen-bond donors (Lipinski definition) is 1. The Morgan fingerprint density at radius 1 is 0.903 bits per heavy atom. The van der Waals surface area contributed by atoms with Crippen LogP contribution in [0.5, 0.6) is 0 Å². The van der Waals surface area contributed by atoms with Crippen LogP contribution in [0, 0.1) is 6.92 Å². The van der Waals surface area contributed by atoms with E-state index in [1.165, 1.54) is 0 Å². The lowest BCUT2D eigenvalue weighted by atomic mass is 10.0. The number of halogens is 1. The van der Waals surface area contributed by atoms with Crippen LogP contribution in [0.4, 0.5) is 0 Å². The van der Waals surface area contributed by atoms with E-state index < -0.39 is 6.04 Å². The predicted octanol–water partition coefficient (Wildman–Crippen LogP) is 4.58. The summed E-state index contributed by atoms with van der Waals surface area (Å²) in [5, 5.41) is 3.28. The number of amides is 2. The topological polar surface area (TPSA) is 49.4 Å². The lowest BCUT2D eigenvalue weighted by Crippen LogP contribution is -2.50. The zero-order valence-electron chi connectivity index (χ0n) is 17.8. The van der Waals surface area contributed by atoms with Crippen molar-refractivity contribution < 1.29 is 9.59 Å². The molecule has 0 fully saturated rings. The van der Waals surface area contributed by atoms with Crippen LogP contribution in [-0.4, -0.2) is 29.8 Å². The van der Waals surface area contributed by atoms with Gasteiger partial charge < -0.3 is 10.2 Å². The van der Waals surface area contributed by atoms with E-state index in [-0.39, 0.29) is 18.2 Å². The highest BCUT2D eigenvalue weighted by Gasteiger charge is 2.30. The van der Waals surface area contributed by atoms with Gasteiger partial charge in [0.1, 0.15) is 6.04 Å². The van der Waals surface area contributed by atoms with Gasteiger partial charge in [0.05, 0.1) is 6.42 Å². The SMILES string of the molecule is CNC(=O)[C@@H](Cc1ccccc1)N(Cc1ccc(C)cc1)C(=O)Cc1ccccc1Cl. The first kappa shape index (κ1) is 22.6. The van der Waals surface area contributed by atoms with Crippen LogP contribution < -0.4 is 5.32 Å². The second-order valence-electron chi connectivity index (χ2n) is 7.60. The number of carbonyl (C=O) groups excluding carboxylic acids is 2. The maximum Gasteiger partial charge on any atom is 0.242 e. The Labute approximate surface area is 188 Å². The monoisotopic (exact) mass is 434 g/mol. The molecule has 0 aliphatic heterocycles. The minimum absolute atomic E-state index is 0.133. The van der Waals surface area contributed by atoms with Crippen molar-refractivity contribution in [1.29, 1.82) is 0 Å². The third kappa shape index (κ3) is 6.19. The Morgan fingerprint density at radius 3 is 2.19 bits per heavy atom. The average Bonchev–Trinajstić information content (AvgIpc) is 2.79. The Kier molecular flexibility index (Phi) is 7.85. The third-order valence-electron chi connectivity index (χ3n) is 5.29. The summed E-state index contributed by atoms with van der Waals surface area (Å²) in [6.07, 6.45) is 0.564. The van der Waals surface area contributed by atoms with Crippen LogP contribution in [0.2, 0.25) is 5.02 Å². The standard InChI is InChI=1S/C26H27ClN2O2/c1-19-12-14-21(15-13-19)18-29(25(30)17-22-10-6-7-11-23(22)27)24(26(31)28-2)16-20-8-4-3-5-9-20/h3-15,24H,16-18H2,1-2H3,(H,28,31)/t24-/m1/s1. The van der Waals surface area contributed by atoms with E-state index in [0.717, 1.165) is 22.3 Å². The molecule has 31 heavy (non-hydrogen) atoms. The molecule has 1 N–H and O–H groups in total. The molecule has 3 rings (SSSR count). The molecule has 0 aliphatic rings. The van der Waals surface area contributed by atoms with Crippen molar-refractivity contribution in [3.63, 3.8) is 0 Å². The maximum atomic E-state index is 13.5. The number of likely N-dealkylation sites (N-methyl/N-ethyl adjacent to an activating group) is 1. The van der Waals surface area contributed by atoms with Crippen LogP contribution in [0.1, 0.15) is 22.3 Å². The van der Waals surface area contributed by atoms with Crippen molar-refractivity contribution in [2.75, 3.05) is 7.05 Å². The molecule has 0 saturated heterocycles. The van der Waals surface area contributed by atoms with Crippen LogP contribution in [0.25, 0.3) is 0 Å². The van der Waals surface area contributed by atoms with Gasteiger partial charge in [0.15, 0.2) is 0 Å². The third-order valence-corrected chi connectivity index (χ3v) is 5.66. The predicted molar refractivity (Wildman–Crippen MR) is 125 cm³/mol. The normalized spacial score (nSPS) is 11.6. The largest absolute Gasteiger partial charge is 0.357 e. The Hall–Kier alpha value is -3.11. The van der Waals surface area contributed by atoms with Gasteiger partial charge in [-0.25, -0.2) is 0 Å². The van der Waals surface area contributed by atoms with Crippen molar-refractivity contribution >= 4 is 23.4 Å². The summed E-state index contributed by atoms with van der Waals surface area (Å²) in [6.45, 7) is 2.36. The summed E-state index contributed by atoms with van der Waals surface area (Å²) in [7, 11) is 1.60. The van der Waals surface area contributed by atoms with Crippen LogP contribution in [0.15, 0.2) is 78.9 Å². The summed E-state index contributed by atoms with van der Waals surface area (Å²) < 4.78 is 0. The summed E-state index contributed by atoms with van der Waals surface area (Å²) in [6, 6.07) is 24.4. The Morgan fingerprint density at radius 2 is 1.55 bits per heavy atom. The van der Waals surface area contributed by atoms with Crippen LogP contribution in [0.3, 0.4) is 0 Å². The molecular weight excluding hydrogens is 408 g/mol. The van der Waals surface area contributed by atoms with Gasteiger partial charge in [-0.15, -0.1) is 0 Å². The van der Waals surface area contributed by atoms with E-state index in [0.29, 0.717) is 18.0 Å². The number of aryl methyl sites for hydroxylation is 1. The highest BCUT2D eigenvalue weighted by Crippen LogP contribution is 2.20. The lowest BCUT2D eigenvalue weighted by molar-refractivity contribution is -0.140. The molecule has 160 valence electrons. The van der Waals surface area contributed by atoms with Gasteiger partial charge in [-0.2, -0.15) is 0 Å². The van der Waals surface area contributed by atoms with E-state index in [9.17, 15) is 9.59 Å². The molecule has 2 amide bonds. The Balaban J connectivity index is 1.94. The fourth-order valence-electron chi connectivity index (χ4n) is 3.52. The molecule has 5 heteroatoms. The number of benzene rings is 3. The minimum atomic E-state index is -0.635. The summed E-state index contributed by atoms with van der Waals surface area (Å²) in [5.41, 5.74) is 3.86. The summed E-state index contributed by atoms with van der Waals surface area (Å²) in [4.78, 5) is 28.0. The van der Waals surface area contributed by atoms with Gasteiger partial charge in [-0.05, 0) is 29.7 Å². The highest BCUT2D eigenvalue weighted by atomic mass is 35.5. The van der Waals surface area contributed by atoms with Gasteiger partial charge in [0.2, 0.25) is 11.8 Å². The lowest BCUT2D eigenvalue weighted by Gasteiger charge is -2.31. The molecule has 0 bridgehead atoms. The van der Waals surface area contributed by atoms with E-state index in [1.54, 1.807) is 18.0 Å². The zero-order chi connectivity index (χ0) is 22.2. The molecule has 0 saturated carbocycles. The van der Waals surface area contributed by atoms with Crippen molar-refractivity contribution in [3.8, 4) is 0 Å². The second-order valence-corrected chi connectivity index (χ2v) is 8.00. The van der Waals surface area contributed by atoms with Crippen LogP contribution >= 0.6 is 11.6 Å². The summed E-state index contributed by atoms with van der Waals surface area (Å²) >= 11 is 6.30. The zero-order valence-corrected chi connectivity index (χ0v) is 18.6. The van der Waals surface area contributed by atoms with Gasteiger partial charge in [-0.1, -0.05) is 90.0 Å². The number of carbonyl (C=O) groups is 2. The first-order valence-corrected chi connectivity index (χ1v) is 10.7. The molecule has 0 heterocycles. The molecule has 0 radical (unpaired) electrons. The molecule has 1 atom stereocenters. The van der Waals surface area contributed by atoms with E-state index in [1.807, 2.05) is 79.7 Å². The first-order chi connectivity index (χ1) is 15.0. The maximum absolute atomic E-state index is 13.5. The number of nitrogens with zero attached hydrogens (tertiary/aromatic N) is 1. The van der Waals surface area contributed by atoms with Gasteiger partial charge in [-0.3, -0.25) is 9.59 Å². The van der Waals surface area contributed by atoms with E-state index >= 15 is 0 Å². The van der Waals surface area contributed by atoms with Gasteiger partial charge >= 0.3 is 0 Å². The summed E-state index contributed by atoms with van der Waals surface area (Å²) in [5.74, 6) is -0.332. The molecule has 0 aromatic heterocycles. The molecule has 3 aromatic rings. The second kappa shape index (κ2) is 10.8. The van der Waals surface area contributed by atoms with Crippen molar-refractivity contribution in [2.24, 2.45) is 0 Å². The smallest absolute Gasteiger partial charge is 0.242 e. The molecule has 3 aromatic carbocycles. The van der Waals surface area contributed by atoms with Crippen LogP contribution in [-0.2, 0) is 29.0 Å². The first-order valence-electron chi connectivity index (χ1n) is 10.3. The van der Waals surface area contributed by atoms with E-state index in [4.69, 9.17) is 11.6 Å². The number of nitrogens with one attached hydrogen (secondary N) is 1. The fraction of sp³-hybridized carbons (Fsp3) is 0.231. The fourth-order valence-corrected chi connectivity index (χ4v) is 3.72. The number of rotatable bonds is 8. The number of hydrogen-bond acceptors (Lipinski definition) is 2. The van der Waals surface area contributed by atoms with Gasteiger partial charge in [0, 0.05) is 25.0 Å².